The smallest absolute Gasteiger partial charge is 0.373 e. The first kappa shape index (κ1) is 20.7. The monoisotopic (exact) mass is 404 g/mol. The quantitative estimate of drug-likeness (QED) is 0.674. The lowest BCUT2D eigenvalue weighted by Crippen LogP contribution is -2.52. The number of amides is 2. The number of nitrogens with one attached hydrogen (secondary N) is 2. The number of aliphatic hydroxyl groups is 1. The highest BCUT2D eigenvalue weighted by Crippen LogP contribution is 2.32. The SMILES string of the molecule is CC(O)(C(=O)Nc1ccc(C(=O)Nc2ccccc2F)cc1Cl)C(F)(F)F. The first-order valence-electron chi connectivity index (χ1n) is 7.39. The van der Waals surface area contributed by atoms with Gasteiger partial charge in [-0.25, -0.2) is 4.39 Å². The summed E-state index contributed by atoms with van der Waals surface area (Å²) in [7, 11) is 0. The predicted octanol–water partition coefficient (Wildman–Crippen LogP) is 3.98. The topological polar surface area (TPSA) is 78.4 Å². The van der Waals surface area contributed by atoms with Gasteiger partial charge < -0.3 is 15.7 Å². The maximum absolute atomic E-state index is 13.6. The van der Waals surface area contributed by atoms with Crippen molar-refractivity contribution in [2.24, 2.45) is 0 Å². The van der Waals surface area contributed by atoms with Gasteiger partial charge in [0.2, 0.25) is 5.60 Å². The van der Waals surface area contributed by atoms with Crippen molar-refractivity contribution >= 4 is 34.8 Å². The number of hydrogen-bond acceptors (Lipinski definition) is 3. The minimum atomic E-state index is -5.19. The van der Waals surface area contributed by atoms with E-state index in [1.165, 1.54) is 24.3 Å². The zero-order valence-electron chi connectivity index (χ0n) is 13.7. The van der Waals surface area contributed by atoms with Crippen molar-refractivity contribution in [3.05, 3.63) is 58.9 Å². The fourth-order valence-electron chi connectivity index (χ4n) is 1.89. The molecule has 0 aliphatic carbocycles. The van der Waals surface area contributed by atoms with E-state index in [1.54, 1.807) is 0 Å². The minimum absolute atomic E-state index is 0.0242. The second-order valence-corrected chi connectivity index (χ2v) is 6.06. The third-order valence-electron chi connectivity index (χ3n) is 3.60. The van der Waals surface area contributed by atoms with Crippen LogP contribution in [0.4, 0.5) is 28.9 Å². The number of alkyl halides is 3. The van der Waals surface area contributed by atoms with Gasteiger partial charge in [-0.05, 0) is 37.3 Å². The Morgan fingerprint density at radius 2 is 1.67 bits per heavy atom. The number of para-hydroxylation sites is 1. The lowest BCUT2D eigenvalue weighted by Gasteiger charge is -2.25. The van der Waals surface area contributed by atoms with Crippen molar-refractivity contribution < 1.29 is 32.3 Å². The van der Waals surface area contributed by atoms with Gasteiger partial charge in [-0.1, -0.05) is 23.7 Å². The zero-order valence-corrected chi connectivity index (χ0v) is 14.5. The van der Waals surface area contributed by atoms with Crippen molar-refractivity contribution in [2.75, 3.05) is 10.6 Å². The van der Waals surface area contributed by atoms with E-state index in [4.69, 9.17) is 11.6 Å². The number of carbonyl (C=O) groups excluding carboxylic acids is 2. The van der Waals surface area contributed by atoms with Crippen molar-refractivity contribution in [3.8, 4) is 0 Å². The molecular formula is C17H13ClF4N2O3. The molecule has 10 heteroatoms. The van der Waals surface area contributed by atoms with Crippen LogP contribution < -0.4 is 10.6 Å². The Kier molecular flexibility index (Phi) is 5.76. The molecule has 1 atom stereocenters. The molecule has 0 spiro atoms. The maximum Gasteiger partial charge on any atom is 0.426 e. The highest BCUT2D eigenvalue weighted by atomic mass is 35.5. The van der Waals surface area contributed by atoms with Crippen LogP contribution in [0.25, 0.3) is 0 Å². The normalized spacial score (nSPS) is 13.6. The molecule has 0 saturated carbocycles. The standard InChI is InChI=1S/C17H13ClF4N2O3/c1-16(27,17(20,21)22)15(26)24-12-7-6-9(8-10(12)18)14(25)23-13-5-3-2-4-11(13)19/h2-8,27H,1H3,(H,23,25)(H,24,26). The lowest BCUT2D eigenvalue weighted by molar-refractivity contribution is -0.242. The summed E-state index contributed by atoms with van der Waals surface area (Å²) in [5, 5.41) is 13.2. The number of hydrogen-bond donors (Lipinski definition) is 3. The fraction of sp³-hybridized carbons (Fsp3) is 0.176. The molecule has 2 aromatic rings. The van der Waals surface area contributed by atoms with Gasteiger partial charge in [0.15, 0.2) is 0 Å². The molecule has 0 fully saturated rings. The first-order valence-corrected chi connectivity index (χ1v) is 7.77. The van der Waals surface area contributed by atoms with E-state index in [2.05, 4.69) is 5.32 Å². The van der Waals surface area contributed by atoms with Crippen LogP contribution in [-0.2, 0) is 4.79 Å². The Morgan fingerprint density at radius 1 is 1.04 bits per heavy atom. The third-order valence-corrected chi connectivity index (χ3v) is 3.91. The van der Waals surface area contributed by atoms with E-state index in [0.29, 0.717) is 6.92 Å². The van der Waals surface area contributed by atoms with Gasteiger partial charge in [0.05, 0.1) is 16.4 Å². The molecule has 0 radical (unpaired) electrons. The average molecular weight is 405 g/mol. The zero-order chi connectivity index (χ0) is 20.4. The second kappa shape index (κ2) is 7.53. The molecule has 27 heavy (non-hydrogen) atoms. The van der Waals surface area contributed by atoms with Gasteiger partial charge in [-0.15, -0.1) is 0 Å². The van der Waals surface area contributed by atoms with Crippen LogP contribution in [0.5, 0.6) is 0 Å². The largest absolute Gasteiger partial charge is 0.426 e. The summed E-state index contributed by atoms with van der Waals surface area (Å²) in [4.78, 5) is 23.8. The van der Waals surface area contributed by atoms with E-state index < -0.39 is 29.4 Å². The minimum Gasteiger partial charge on any atom is -0.373 e. The molecule has 1 unspecified atom stereocenters. The summed E-state index contributed by atoms with van der Waals surface area (Å²) in [6.07, 6.45) is -5.19. The summed E-state index contributed by atoms with van der Waals surface area (Å²) in [6.45, 7) is 0.298. The average Bonchev–Trinajstić information content (AvgIpc) is 2.57. The van der Waals surface area contributed by atoms with Gasteiger partial charge in [-0.2, -0.15) is 13.2 Å². The number of benzene rings is 2. The molecule has 2 aromatic carbocycles. The van der Waals surface area contributed by atoms with E-state index in [1.807, 2.05) is 5.32 Å². The van der Waals surface area contributed by atoms with Gasteiger partial charge in [0.1, 0.15) is 5.82 Å². The number of halogens is 5. The van der Waals surface area contributed by atoms with Crippen LogP contribution in [-0.4, -0.2) is 28.7 Å². The van der Waals surface area contributed by atoms with Crippen molar-refractivity contribution in [1.29, 1.82) is 0 Å². The van der Waals surface area contributed by atoms with Crippen LogP contribution in [0.1, 0.15) is 17.3 Å². The molecule has 0 bridgehead atoms. The molecule has 2 amide bonds. The van der Waals surface area contributed by atoms with Crippen LogP contribution in [0.15, 0.2) is 42.5 Å². The van der Waals surface area contributed by atoms with Crippen LogP contribution in [0.3, 0.4) is 0 Å². The predicted molar refractivity (Wildman–Crippen MR) is 91.1 cm³/mol. The van der Waals surface area contributed by atoms with Crippen LogP contribution >= 0.6 is 11.6 Å². The van der Waals surface area contributed by atoms with E-state index in [0.717, 1.165) is 18.2 Å². The number of carbonyl (C=O) groups is 2. The molecule has 5 nitrogen and oxygen atoms in total. The highest BCUT2D eigenvalue weighted by molar-refractivity contribution is 6.34. The summed E-state index contributed by atoms with van der Waals surface area (Å²) >= 11 is 5.88. The van der Waals surface area contributed by atoms with Crippen molar-refractivity contribution in [3.63, 3.8) is 0 Å². The molecule has 0 aliphatic heterocycles. The maximum atomic E-state index is 13.6. The Balaban J connectivity index is 2.17. The van der Waals surface area contributed by atoms with Crippen molar-refractivity contribution in [2.45, 2.75) is 18.7 Å². The molecular weight excluding hydrogens is 392 g/mol. The molecule has 144 valence electrons. The van der Waals surface area contributed by atoms with Gasteiger partial charge in [0.25, 0.3) is 11.8 Å². The number of anilines is 2. The highest BCUT2D eigenvalue weighted by Gasteiger charge is 2.55. The molecule has 2 rings (SSSR count). The van der Waals surface area contributed by atoms with Crippen LogP contribution in [0, 0.1) is 5.82 Å². The summed E-state index contributed by atoms with van der Waals surface area (Å²) in [5.74, 6) is -3.11. The molecule has 0 aliphatic rings. The van der Waals surface area contributed by atoms with Gasteiger partial charge >= 0.3 is 6.18 Å². The Hall–Kier alpha value is -2.65. The lowest BCUT2D eigenvalue weighted by atomic mass is 10.1. The Labute approximate surface area is 155 Å². The summed E-state index contributed by atoms with van der Waals surface area (Å²) < 4.78 is 51.6. The third kappa shape index (κ3) is 4.55. The molecule has 0 saturated heterocycles. The van der Waals surface area contributed by atoms with E-state index >= 15 is 0 Å². The summed E-state index contributed by atoms with van der Waals surface area (Å²) in [5.41, 5.74) is -3.97. The molecule has 0 heterocycles. The van der Waals surface area contributed by atoms with Crippen LogP contribution in [0.2, 0.25) is 5.02 Å². The fourth-order valence-corrected chi connectivity index (χ4v) is 2.12. The Morgan fingerprint density at radius 3 is 2.22 bits per heavy atom. The molecule has 3 N–H and O–H groups in total. The van der Waals surface area contributed by atoms with Crippen molar-refractivity contribution in [1.82, 2.24) is 0 Å². The number of rotatable bonds is 4. The molecule has 0 aromatic heterocycles. The van der Waals surface area contributed by atoms with Gasteiger partial charge in [0, 0.05) is 5.56 Å². The van der Waals surface area contributed by atoms with E-state index in [-0.39, 0.29) is 22.0 Å². The second-order valence-electron chi connectivity index (χ2n) is 5.65. The van der Waals surface area contributed by atoms with Gasteiger partial charge in [-0.3, -0.25) is 9.59 Å². The first-order chi connectivity index (χ1) is 12.4. The van der Waals surface area contributed by atoms with E-state index in [9.17, 15) is 32.3 Å². The Bertz CT molecular complexity index is 885. The summed E-state index contributed by atoms with van der Waals surface area (Å²) in [6, 6.07) is 8.76.